The zero-order valence-electron chi connectivity index (χ0n) is 12.5. The van der Waals surface area contributed by atoms with Gasteiger partial charge in [-0.2, -0.15) is 0 Å². The Bertz CT molecular complexity index is 473. The minimum Gasteiger partial charge on any atom is -0.317 e. The minimum atomic E-state index is -0.0634. The molecule has 1 aliphatic heterocycles. The number of amides is 1. The molecule has 3 nitrogen and oxygen atoms in total. The van der Waals surface area contributed by atoms with E-state index in [0.29, 0.717) is 17.9 Å². The number of carbonyl (C=O) groups is 1. The lowest BCUT2D eigenvalue weighted by atomic mass is 9.77. The summed E-state index contributed by atoms with van der Waals surface area (Å²) in [6.07, 6.45) is 3.76. The van der Waals surface area contributed by atoms with Crippen LogP contribution in [0.25, 0.3) is 0 Å². The molecule has 5 unspecified atom stereocenters. The fourth-order valence-corrected chi connectivity index (χ4v) is 4.49. The Labute approximate surface area is 125 Å². The fraction of sp³-hybridized carbons (Fsp3) is 0.688. The lowest BCUT2D eigenvalue weighted by molar-refractivity contribution is -0.134. The van der Waals surface area contributed by atoms with Crippen LogP contribution in [0, 0.1) is 11.8 Å². The molecule has 1 aliphatic carbocycles. The summed E-state index contributed by atoms with van der Waals surface area (Å²) < 4.78 is 0. The van der Waals surface area contributed by atoms with Crippen LogP contribution < -0.4 is 5.32 Å². The summed E-state index contributed by atoms with van der Waals surface area (Å²) in [5.41, 5.74) is 0. The summed E-state index contributed by atoms with van der Waals surface area (Å²) in [6, 6.07) is 4.53. The minimum absolute atomic E-state index is 0.0634. The first-order valence-corrected chi connectivity index (χ1v) is 8.59. The van der Waals surface area contributed by atoms with Crippen LogP contribution in [0.3, 0.4) is 0 Å². The SMILES string of the molecule is CC1NC(c2cccs2)N(C2CCCC(C)C2C)C1=O. The molecule has 1 saturated heterocycles. The Hall–Kier alpha value is -0.870. The van der Waals surface area contributed by atoms with Gasteiger partial charge in [-0.05, 0) is 36.6 Å². The third-order valence-electron chi connectivity index (χ3n) is 5.14. The van der Waals surface area contributed by atoms with Crippen LogP contribution in [-0.2, 0) is 4.79 Å². The molecule has 0 radical (unpaired) electrons. The van der Waals surface area contributed by atoms with Crippen molar-refractivity contribution in [3.63, 3.8) is 0 Å². The number of rotatable bonds is 2. The summed E-state index contributed by atoms with van der Waals surface area (Å²) >= 11 is 1.74. The van der Waals surface area contributed by atoms with Crippen molar-refractivity contribution in [3.05, 3.63) is 22.4 Å². The van der Waals surface area contributed by atoms with Crippen LogP contribution in [0.4, 0.5) is 0 Å². The van der Waals surface area contributed by atoms with Crippen LogP contribution in [0.15, 0.2) is 17.5 Å². The zero-order valence-corrected chi connectivity index (χ0v) is 13.3. The number of thiophene rings is 1. The molecular weight excluding hydrogens is 268 g/mol. The highest BCUT2D eigenvalue weighted by Crippen LogP contribution is 2.39. The van der Waals surface area contributed by atoms with E-state index in [1.165, 1.54) is 17.7 Å². The molecule has 1 aromatic heterocycles. The maximum atomic E-state index is 12.6. The quantitative estimate of drug-likeness (QED) is 0.906. The Balaban J connectivity index is 1.89. The van der Waals surface area contributed by atoms with E-state index in [1.807, 2.05) is 6.92 Å². The molecule has 0 aromatic carbocycles. The first kappa shape index (κ1) is 14.1. The second-order valence-electron chi connectivity index (χ2n) is 6.39. The largest absolute Gasteiger partial charge is 0.317 e. The van der Waals surface area contributed by atoms with Gasteiger partial charge in [0.1, 0.15) is 6.17 Å². The van der Waals surface area contributed by atoms with Gasteiger partial charge in [0.15, 0.2) is 0 Å². The monoisotopic (exact) mass is 292 g/mol. The van der Waals surface area contributed by atoms with Crippen LogP contribution in [0.2, 0.25) is 0 Å². The Morgan fingerprint density at radius 1 is 1.30 bits per heavy atom. The first-order valence-electron chi connectivity index (χ1n) is 7.71. The van der Waals surface area contributed by atoms with Gasteiger partial charge in [0.25, 0.3) is 0 Å². The summed E-state index contributed by atoms with van der Waals surface area (Å²) in [7, 11) is 0. The fourth-order valence-electron chi connectivity index (χ4n) is 3.71. The third-order valence-corrected chi connectivity index (χ3v) is 6.07. The van der Waals surface area contributed by atoms with Gasteiger partial charge in [0, 0.05) is 10.9 Å². The highest BCUT2D eigenvalue weighted by Gasteiger charge is 2.44. The Kier molecular flexibility index (Phi) is 3.87. The van der Waals surface area contributed by atoms with Crippen molar-refractivity contribution in [1.82, 2.24) is 10.2 Å². The predicted octanol–water partition coefficient (Wildman–Crippen LogP) is 3.39. The van der Waals surface area contributed by atoms with E-state index in [9.17, 15) is 4.79 Å². The smallest absolute Gasteiger partial charge is 0.241 e. The molecule has 2 heterocycles. The highest BCUT2D eigenvalue weighted by molar-refractivity contribution is 7.10. The van der Waals surface area contributed by atoms with Crippen molar-refractivity contribution in [2.24, 2.45) is 11.8 Å². The molecule has 3 rings (SSSR count). The lowest BCUT2D eigenvalue weighted by Gasteiger charge is -2.42. The number of hydrogen-bond acceptors (Lipinski definition) is 3. The Morgan fingerprint density at radius 2 is 2.10 bits per heavy atom. The molecule has 0 bridgehead atoms. The van der Waals surface area contributed by atoms with Crippen molar-refractivity contribution in [2.75, 3.05) is 0 Å². The molecule has 5 atom stereocenters. The van der Waals surface area contributed by atoms with Gasteiger partial charge in [-0.3, -0.25) is 10.1 Å². The maximum Gasteiger partial charge on any atom is 0.241 e. The number of nitrogens with zero attached hydrogens (tertiary/aromatic N) is 1. The average Bonchev–Trinajstić information content (AvgIpc) is 3.04. The van der Waals surface area contributed by atoms with E-state index in [1.54, 1.807) is 11.3 Å². The molecule has 2 aliphatic rings. The predicted molar refractivity (Wildman–Crippen MR) is 82.5 cm³/mol. The molecule has 1 N–H and O–H groups in total. The summed E-state index contributed by atoms with van der Waals surface area (Å²) in [6.45, 7) is 6.63. The molecular formula is C16H24N2OS. The van der Waals surface area contributed by atoms with Crippen molar-refractivity contribution < 1.29 is 4.79 Å². The molecule has 1 aromatic rings. The molecule has 110 valence electrons. The van der Waals surface area contributed by atoms with Gasteiger partial charge in [-0.15, -0.1) is 11.3 Å². The third kappa shape index (κ3) is 2.29. The van der Waals surface area contributed by atoms with Crippen LogP contribution in [-0.4, -0.2) is 22.9 Å². The van der Waals surface area contributed by atoms with Gasteiger partial charge < -0.3 is 4.90 Å². The normalized spacial score (nSPS) is 38.5. The topological polar surface area (TPSA) is 32.3 Å². The highest BCUT2D eigenvalue weighted by atomic mass is 32.1. The summed E-state index contributed by atoms with van der Waals surface area (Å²) in [4.78, 5) is 16.0. The van der Waals surface area contributed by atoms with Crippen LogP contribution in [0.5, 0.6) is 0 Å². The number of hydrogen-bond donors (Lipinski definition) is 1. The average molecular weight is 292 g/mol. The summed E-state index contributed by atoms with van der Waals surface area (Å²) in [5.74, 6) is 1.57. The molecule has 20 heavy (non-hydrogen) atoms. The van der Waals surface area contributed by atoms with E-state index >= 15 is 0 Å². The van der Waals surface area contributed by atoms with Crippen LogP contribution in [0.1, 0.15) is 51.1 Å². The van der Waals surface area contributed by atoms with Gasteiger partial charge in [-0.25, -0.2) is 0 Å². The van der Waals surface area contributed by atoms with Crippen molar-refractivity contribution in [3.8, 4) is 0 Å². The zero-order chi connectivity index (χ0) is 14.3. The van der Waals surface area contributed by atoms with Crippen molar-refractivity contribution >= 4 is 17.2 Å². The standard InChI is InChI=1S/C16H24N2OS/c1-10-6-4-7-13(11(10)2)18-15(14-8-5-9-20-14)17-12(3)16(18)19/h5,8-13,15,17H,4,6-7H2,1-3H3. The van der Waals surface area contributed by atoms with Crippen molar-refractivity contribution in [1.29, 1.82) is 0 Å². The second kappa shape index (κ2) is 5.49. The number of carbonyl (C=O) groups excluding carboxylic acids is 1. The molecule has 1 saturated carbocycles. The molecule has 2 fully saturated rings. The maximum absolute atomic E-state index is 12.6. The number of nitrogens with one attached hydrogen (secondary N) is 1. The summed E-state index contributed by atoms with van der Waals surface area (Å²) in [5, 5.41) is 5.57. The van der Waals surface area contributed by atoms with E-state index in [0.717, 1.165) is 6.42 Å². The van der Waals surface area contributed by atoms with E-state index in [2.05, 4.69) is 41.6 Å². The van der Waals surface area contributed by atoms with E-state index in [-0.39, 0.29) is 18.1 Å². The molecule has 0 spiro atoms. The van der Waals surface area contributed by atoms with E-state index < -0.39 is 0 Å². The van der Waals surface area contributed by atoms with Gasteiger partial charge in [0.2, 0.25) is 5.91 Å². The molecule has 1 amide bonds. The van der Waals surface area contributed by atoms with Crippen LogP contribution >= 0.6 is 11.3 Å². The Morgan fingerprint density at radius 3 is 2.80 bits per heavy atom. The lowest BCUT2D eigenvalue weighted by Crippen LogP contribution is -2.46. The van der Waals surface area contributed by atoms with Gasteiger partial charge in [0.05, 0.1) is 6.04 Å². The van der Waals surface area contributed by atoms with Gasteiger partial charge in [-0.1, -0.05) is 32.8 Å². The second-order valence-corrected chi connectivity index (χ2v) is 7.37. The molecule has 4 heteroatoms. The first-order chi connectivity index (χ1) is 9.59. The van der Waals surface area contributed by atoms with Gasteiger partial charge >= 0.3 is 0 Å². The van der Waals surface area contributed by atoms with Crippen molar-refractivity contribution in [2.45, 2.75) is 58.3 Å². The van der Waals surface area contributed by atoms with E-state index in [4.69, 9.17) is 0 Å².